The van der Waals surface area contributed by atoms with Crippen LogP contribution in [0.5, 0.6) is 0 Å². The first kappa shape index (κ1) is 18.5. The Morgan fingerprint density at radius 2 is 1.56 bits per heavy atom. The van der Waals surface area contributed by atoms with Crippen LogP contribution in [0.2, 0.25) is 5.02 Å². The Morgan fingerprint density at radius 1 is 0.889 bits per heavy atom. The number of nitrogens with one attached hydrogen (secondary N) is 2. The minimum atomic E-state index is -0.535. The van der Waals surface area contributed by atoms with Gasteiger partial charge in [-0.15, -0.1) is 0 Å². The molecule has 0 fully saturated rings. The van der Waals surface area contributed by atoms with E-state index in [-0.39, 0.29) is 5.91 Å². The van der Waals surface area contributed by atoms with E-state index in [0.717, 1.165) is 11.3 Å². The Bertz CT molecular complexity index is 957. The number of anilines is 2. The molecule has 0 bridgehead atoms. The summed E-state index contributed by atoms with van der Waals surface area (Å²) >= 11 is 6.32. The molecule has 0 spiro atoms. The molecule has 4 N–H and O–H groups in total. The number of amides is 2. The summed E-state index contributed by atoms with van der Waals surface area (Å²) in [5.41, 5.74) is 8.47. The highest BCUT2D eigenvalue weighted by molar-refractivity contribution is 6.33. The second-order valence-corrected chi connectivity index (χ2v) is 6.34. The lowest BCUT2D eigenvalue weighted by Gasteiger charge is -2.11. The number of carbonyl (C=O) groups excluding carboxylic acids is 2. The number of hydrogen-bond donors (Lipinski definition) is 3. The lowest BCUT2D eigenvalue weighted by atomic mass is 10.1. The van der Waals surface area contributed by atoms with Crippen LogP contribution >= 0.6 is 11.6 Å². The third-order valence-electron chi connectivity index (χ3n) is 3.98. The Morgan fingerprint density at radius 3 is 2.19 bits per heavy atom. The van der Waals surface area contributed by atoms with Crippen LogP contribution < -0.4 is 16.4 Å². The van der Waals surface area contributed by atoms with Crippen molar-refractivity contribution in [3.8, 4) is 0 Å². The molecule has 6 heteroatoms. The molecule has 3 aromatic carbocycles. The van der Waals surface area contributed by atoms with Gasteiger partial charge in [0.15, 0.2) is 0 Å². The van der Waals surface area contributed by atoms with Crippen LogP contribution in [0.1, 0.15) is 26.3 Å². The van der Waals surface area contributed by atoms with Crippen molar-refractivity contribution in [3.05, 3.63) is 94.5 Å². The zero-order chi connectivity index (χ0) is 19.2. The van der Waals surface area contributed by atoms with Gasteiger partial charge in [-0.2, -0.15) is 0 Å². The quantitative estimate of drug-likeness (QED) is 0.596. The molecule has 0 aliphatic rings. The topological polar surface area (TPSA) is 84.2 Å². The lowest BCUT2D eigenvalue weighted by molar-refractivity contribution is 0.0995. The number of primary amides is 1. The minimum Gasteiger partial charge on any atom is -0.380 e. The highest BCUT2D eigenvalue weighted by Crippen LogP contribution is 2.26. The molecule has 0 saturated heterocycles. The predicted octanol–water partition coefficient (Wildman–Crippen LogP) is 4.30. The van der Waals surface area contributed by atoms with Gasteiger partial charge >= 0.3 is 0 Å². The third-order valence-corrected chi connectivity index (χ3v) is 4.30. The molecule has 0 aliphatic carbocycles. The average molecular weight is 380 g/mol. The Kier molecular flexibility index (Phi) is 5.74. The van der Waals surface area contributed by atoms with Crippen LogP contribution in [0.15, 0.2) is 72.8 Å². The molecule has 3 aromatic rings. The van der Waals surface area contributed by atoms with Gasteiger partial charge in [-0.25, -0.2) is 0 Å². The molecule has 3 rings (SSSR count). The summed E-state index contributed by atoms with van der Waals surface area (Å²) in [7, 11) is 0. The first-order valence-corrected chi connectivity index (χ1v) is 8.69. The zero-order valence-corrected chi connectivity index (χ0v) is 15.2. The van der Waals surface area contributed by atoms with E-state index in [1.54, 1.807) is 24.3 Å². The van der Waals surface area contributed by atoms with Crippen LogP contribution in [-0.2, 0) is 6.54 Å². The summed E-state index contributed by atoms with van der Waals surface area (Å²) in [6.45, 7) is 0.651. The number of halogens is 1. The van der Waals surface area contributed by atoms with E-state index in [4.69, 9.17) is 17.3 Å². The maximum atomic E-state index is 12.3. The van der Waals surface area contributed by atoms with E-state index in [1.807, 2.05) is 36.4 Å². The van der Waals surface area contributed by atoms with Crippen LogP contribution in [-0.4, -0.2) is 11.8 Å². The Labute approximate surface area is 162 Å². The van der Waals surface area contributed by atoms with Crippen molar-refractivity contribution in [2.45, 2.75) is 6.54 Å². The largest absolute Gasteiger partial charge is 0.380 e. The summed E-state index contributed by atoms with van der Waals surface area (Å²) in [5, 5.41) is 6.56. The van der Waals surface area contributed by atoms with E-state index >= 15 is 0 Å². The van der Waals surface area contributed by atoms with Gasteiger partial charge in [-0.1, -0.05) is 41.9 Å². The summed E-state index contributed by atoms with van der Waals surface area (Å²) in [6.07, 6.45) is 0. The number of benzene rings is 3. The van der Waals surface area contributed by atoms with Gasteiger partial charge < -0.3 is 16.4 Å². The molecule has 0 aliphatic heterocycles. The molecule has 136 valence electrons. The van der Waals surface area contributed by atoms with Crippen molar-refractivity contribution in [1.29, 1.82) is 0 Å². The van der Waals surface area contributed by atoms with Crippen LogP contribution in [0, 0.1) is 0 Å². The van der Waals surface area contributed by atoms with Gasteiger partial charge in [0.1, 0.15) is 0 Å². The van der Waals surface area contributed by atoms with Gasteiger partial charge in [0, 0.05) is 23.4 Å². The molecule has 0 radical (unpaired) electrons. The van der Waals surface area contributed by atoms with E-state index in [0.29, 0.717) is 28.4 Å². The van der Waals surface area contributed by atoms with E-state index in [1.165, 1.54) is 12.1 Å². The van der Waals surface area contributed by atoms with Crippen LogP contribution in [0.3, 0.4) is 0 Å². The Balaban J connectivity index is 1.64. The fraction of sp³-hybridized carbons (Fsp3) is 0.0476. The number of carbonyl (C=O) groups is 2. The highest BCUT2D eigenvalue weighted by Gasteiger charge is 2.09. The smallest absolute Gasteiger partial charge is 0.255 e. The molecule has 0 atom stereocenters. The summed E-state index contributed by atoms with van der Waals surface area (Å²) in [4.78, 5) is 23.4. The summed E-state index contributed by atoms with van der Waals surface area (Å²) in [5.74, 6) is -0.834. The number of hydrogen-bond acceptors (Lipinski definition) is 3. The van der Waals surface area contributed by atoms with Crippen molar-refractivity contribution in [3.63, 3.8) is 0 Å². The SMILES string of the molecule is NC(=O)c1ccc(C(=O)Nc2ccc(NCc3ccccc3)c(Cl)c2)cc1. The molecule has 0 aromatic heterocycles. The summed E-state index contributed by atoms with van der Waals surface area (Å²) in [6, 6.07) is 21.4. The minimum absolute atomic E-state index is 0.299. The van der Waals surface area contributed by atoms with Gasteiger partial charge in [-0.3, -0.25) is 9.59 Å². The number of rotatable bonds is 6. The monoisotopic (exact) mass is 379 g/mol. The molecule has 2 amide bonds. The predicted molar refractivity (Wildman–Crippen MR) is 108 cm³/mol. The second-order valence-electron chi connectivity index (χ2n) is 5.93. The zero-order valence-electron chi connectivity index (χ0n) is 14.4. The average Bonchev–Trinajstić information content (AvgIpc) is 2.68. The van der Waals surface area contributed by atoms with Crippen molar-refractivity contribution in [2.24, 2.45) is 5.73 Å². The highest BCUT2D eigenvalue weighted by atomic mass is 35.5. The molecule has 27 heavy (non-hydrogen) atoms. The van der Waals surface area contributed by atoms with Crippen LogP contribution in [0.25, 0.3) is 0 Å². The van der Waals surface area contributed by atoms with Gasteiger partial charge in [0.05, 0.1) is 10.7 Å². The maximum absolute atomic E-state index is 12.3. The van der Waals surface area contributed by atoms with E-state index in [2.05, 4.69) is 10.6 Å². The molecule has 5 nitrogen and oxygen atoms in total. The third kappa shape index (κ3) is 4.86. The van der Waals surface area contributed by atoms with Crippen molar-refractivity contribution < 1.29 is 9.59 Å². The van der Waals surface area contributed by atoms with Crippen molar-refractivity contribution in [1.82, 2.24) is 0 Å². The van der Waals surface area contributed by atoms with Gasteiger partial charge in [0.2, 0.25) is 5.91 Å². The molecule has 0 saturated carbocycles. The van der Waals surface area contributed by atoms with Crippen molar-refractivity contribution in [2.75, 3.05) is 10.6 Å². The number of nitrogens with two attached hydrogens (primary N) is 1. The fourth-order valence-electron chi connectivity index (χ4n) is 2.52. The molecular formula is C21H18ClN3O2. The first-order chi connectivity index (χ1) is 13.0. The van der Waals surface area contributed by atoms with Crippen LogP contribution in [0.4, 0.5) is 11.4 Å². The van der Waals surface area contributed by atoms with Crippen molar-refractivity contribution >= 4 is 34.8 Å². The Hall–Kier alpha value is -3.31. The fourth-order valence-corrected chi connectivity index (χ4v) is 2.77. The van der Waals surface area contributed by atoms with Gasteiger partial charge in [-0.05, 0) is 48.0 Å². The summed E-state index contributed by atoms with van der Waals surface area (Å²) < 4.78 is 0. The second kappa shape index (κ2) is 8.38. The maximum Gasteiger partial charge on any atom is 0.255 e. The standard InChI is InChI=1S/C21H18ClN3O2/c22-18-12-17(10-11-19(18)24-13-14-4-2-1-3-5-14)25-21(27)16-8-6-15(7-9-16)20(23)26/h1-12,24H,13H2,(H2,23,26)(H,25,27). The molecular weight excluding hydrogens is 362 g/mol. The lowest BCUT2D eigenvalue weighted by Crippen LogP contribution is -2.14. The molecule has 0 unspecified atom stereocenters. The normalized spacial score (nSPS) is 10.3. The molecule has 0 heterocycles. The van der Waals surface area contributed by atoms with E-state index < -0.39 is 5.91 Å². The van der Waals surface area contributed by atoms with E-state index in [9.17, 15) is 9.59 Å². The van der Waals surface area contributed by atoms with Gasteiger partial charge in [0.25, 0.3) is 5.91 Å². The first-order valence-electron chi connectivity index (χ1n) is 8.31.